The lowest BCUT2D eigenvalue weighted by Crippen LogP contribution is -2.51. The summed E-state index contributed by atoms with van der Waals surface area (Å²) in [5.74, 6) is 0.364. The molecule has 5 aliphatic rings. The van der Waals surface area contributed by atoms with Gasteiger partial charge in [-0.2, -0.15) is 13.2 Å². The molecule has 2 saturated heterocycles. The highest BCUT2D eigenvalue weighted by Gasteiger charge is 2.48. The molecule has 4 fully saturated rings. The number of rotatable bonds is 6. The first-order chi connectivity index (χ1) is 17.1. The fraction of sp³-hybridized carbons (Fsp3) is 0.926. The lowest BCUT2D eigenvalue weighted by molar-refractivity contribution is -0.189. The fourth-order valence-corrected chi connectivity index (χ4v) is 8.02. The van der Waals surface area contributed by atoms with E-state index in [0.717, 1.165) is 32.2 Å². The number of fused-ring (bicyclic) bond motifs is 1. The highest BCUT2D eigenvalue weighted by molar-refractivity contribution is 5.16. The van der Waals surface area contributed by atoms with E-state index in [1.165, 1.54) is 18.5 Å². The summed E-state index contributed by atoms with van der Waals surface area (Å²) in [5.41, 5.74) is 8.18. The third-order valence-corrected chi connectivity index (χ3v) is 10.3. The fourth-order valence-electron chi connectivity index (χ4n) is 8.02. The van der Waals surface area contributed by atoms with E-state index in [1.807, 2.05) is 14.0 Å². The van der Waals surface area contributed by atoms with E-state index in [-0.39, 0.29) is 36.8 Å². The average molecular weight is 514 g/mol. The van der Waals surface area contributed by atoms with E-state index in [9.17, 15) is 18.3 Å². The number of hydrazine groups is 1. The molecule has 5 N–H and O–H groups in total. The topological polar surface area (TPSA) is 71.6 Å². The molecule has 0 spiro atoms. The molecule has 0 aromatic heterocycles. The molecule has 0 bridgehead atoms. The van der Waals surface area contributed by atoms with Crippen LogP contribution in [-0.4, -0.2) is 60.3 Å². The molecular weight excluding hydrogens is 467 g/mol. The molecule has 0 amide bonds. The average Bonchev–Trinajstić information content (AvgIpc) is 3.27. The summed E-state index contributed by atoms with van der Waals surface area (Å²) in [6, 6.07) is 0.313. The second-order valence-corrected chi connectivity index (χ2v) is 12.6. The number of likely N-dealkylation sites (N-methyl/N-ethyl adjacent to an activating group) is 1. The van der Waals surface area contributed by atoms with E-state index < -0.39 is 18.3 Å². The monoisotopic (exact) mass is 513 g/mol. The summed E-state index contributed by atoms with van der Waals surface area (Å²) in [6.07, 6.45) is 4.55. The number of alkyl halides is 3. The van der Waals surface area contributed by atoms with E-state index in [0.29, 0.717) is 36.4 Å². The largest absolute Gasteiger partial charge is 0.391 e. The van der Waals surface area contributed by atoms with Gasteiger partial charge in [-0.3, -0.25) is 10.7 Å². The van der Waals surface area contributed by atoms with Crippen LogP contribution in [0.5, 0.6) is 0 Å². The van der Waals surface area contributed by atoms with Crippen molar-refractivity contribution in [2.75, 3.05) is 13.6 Å². The number of nitrogens with one attached hydrogen (secondary N) is 4. The minimum Gasteiger partial charge on any atom is -0.378 e. The maximum Gasteiger partial charge on any atom is 0.391 e. The van der Waals surface area contributed by atoms with Crippen molar-refractivity contribution in [1.29, 1.82) is 0 Å². The Hall–Kier alpha value is -0.870. The number of aliphatic hydroxyl groups is 1. The van der Waals surface area contributed by atoms with Gasteiger partial charge in [0.15, 0.2) is 0 Å². The Kier molecular flexibility index (Phi) is 7.95. The third-order valence-electron chi connectivity index (χ3n) is 10.3. The lowest BCUT2D eigenvalue weighted by Gasteiger charge is -2.44. The zero-order valence-corrected chi connectivity index (χ0v) is 22.0. The van der Waals surface area contributed by atoms with Crippen molar-refractivity contribution in [1.82, 2.24) is 26.4 Å². The van der Waals surface area contributed by atoms with Crippen LogP contribution in [0.1, 0.15) is 71.6 Å². The first kappa shape index (κ1) is 26.7. The number of aliphatic hydroxyl groups excluding tert-OH is 1. The van der Waals surface area contributed by atoms with Gasteiger partial charge in [0.1, 0.15) is 6.23 Å². The standard InChI is InChI=1S/C27H46F3N5O/c1-15-6-7-18(13-23(15)24-22-5-4-8-31-25(22)34-33-24)26(36)32-20-11-17(10-19(14-20)27(28,29)30)12-21-9-16(2)35(21)3/h9,15,17-26,31-34,36H,4-8,10-14H2,1-3H3. The highest BCUT2D eigenvalue weighted by atomic mass is 19.4. The molecular formula is C27H46F3N5O. The smallest absolute Gasteiger partial charge is 0.378 e. The summed E-state index contributed by atoms with van der Waals surface area (Å²) in [7, 11) is 2.02. The van der Waals surface area contributed by atoms with Gasteiger partial charge in [0, 0.05) is 36.8 Å². The molecule has 6 nitrogen and oxygen atoms in total. The van der Waals surface area contributed by atoms with Crippen molar-refractivity contribution in [2.24, 2.45) is 35.5 Å². The van der Waals surface area contributed by atoms with Gasteiger partial charge in [0.2, 0.25) is 0 Å². The molecule has 11 unspecified atom stereocenters. The molecule has 3 aliphatic heterocycles. The quantitative estimate of drug-likeness (QED) is 0.349. The zero-order chi connectivity index (χ0) is 25.6. The number of piperidine rings is 1. The molecule has 9 heteroatoms. The third kappa shape index (κ3) is 5.60. The minimum absolute atomic E-state index is 0.00972. The summed E-state index contributed by atoms with van der Waals surface area (Å²) < 4.78 is 41.5. The Morgan fingerprint density at radius 1 is 1.11 bits per heavy atom. The zero-order valence-electron chi connectivity index (χ0n) is 22.0. The van der Waals surface area contributed by atoms with E-state index in [1.54, 1.807) is 0 Å². The van der Waals surface area contributed by atoms with Crippen molar-refractivity contribution in [2.45, 2.75) is 108 Å². The molecule has 3 heterocycles. The Morgan fingerprint density at radius 3 is 2.64 bits per heavy atom. The number of allylic oxidation sites excluding steroid dienone is 1. The number of hydrogen-bond donors (Lipinski definition) is 5. The van der Waals surface area contributed by atoms with E-state index >= 15 is 0 Å². The molecule has 0 aromatic rings. The Balaban J connectivity index is 1.20. The van der Waals surface area contributed by atoms with Crippen LogP contribution in [0.3, 0.4) is 0 Å². The molecule has 2 aliphatic carbocycles. The molecule has 11 atom stereocenters. The summed E-state index contributed by atoms with van der Waals surface area (Å²) in [6.45, 7) is 5.40. The number of halogens is 3. The van der Waals surface area contributed by atoms with Crippen LogP contribution in [0.4, 0.5) is 13.2 Å². The van der Waals surface area contributed by atoms with Crippen molar-refractivity contribution in [3.05, 3.63) is 11.8 Å². The molecule has 36 heavy (non-hydrogen) atoms. The molecule has 2 saturated carbocycles. The summed E-state index contributed by atoms with van der Waals surface area (Å²) in [4.78, 5) is 2.16. The van der Waals surface area contributed by atoms with Crippen LogP contribution in [0.2, 0.25) is 0 Å². The van der Waals surface area contributed by atoms with Crippen LogP contribution in [-0.2, 0) is 0 Å². The van der Waals surface area contributed by atoms with Gasteiger partial charge in [-0.25, -0.2) is 5.43 Å². The highest BCUT2D eigenvalue weighted by Crippen LogP contribution is 2.44. The van der Waals surface area contributed by atoms with Gasteiger partial charge < -0.3 is 15.3 Å². The van der Waals surface area contributed by atoms with Crippen molar-refractivity contribution >= 4 is 0 Å². The van der Waals surface area contributed by atoms with Gasteiger partial charge in [-0.15, -0.1) is 0 Å². The molecule has 0 radical (unpaired) electrons. The normalized spacial score (nSPS) is 44.5. The second-order valence-electron chi connectivity index (χ2n) is 12.6. The first-order valence-electron chi connectivity index (χ1n) is 14.3. The van der Waals surface area contributed by atoms with Gasteiger partial charge >= 0.3 is 6.18 Å². The molecule has 206 valence electrons. The van der Waals surface area contributed by atoms with Crippen LogP contribution in [0.15, 0.2) is 11.8 Å². The predicted octanol–water partition coefficient (Wildman–Crippen LogP) is 3.70. The number of nitrogens with zero attached hydrogens (tertiary/aromatic N) is 1. The minimum atomic E-state index is -4.18. The van der Waals surface area contributed by atoms with Crippen molar-refractivity contribution < 1.29 is 18.3 Å². The predicted molar refractivity (Wildman–Crippen MR) is 134 cm³/mol. The Labute approximate surface area is 214 Å². The van der Waals surface area contributed by atoms with Crippen LogP contribution in [0, 0.1) is 35.5 Å². The lowest BCUT2D eigenvalue weighted by atomic mass is 9.67. The van der Waals surface area contributed by atoms with Gasteiger partial charge in [0.25, 0.3) is 0 Å². The van der Waals surface area contributed by atoms with Gasteiger partial charge in [0.05, 0.1) is 12.1 Å². The van der Waals surface area contributed by atoms with Crippen LogP contribution < -0.4 is 21.5 Å². The SMILES string of the molecule is CC1=CC(CC2CC(NC(O)C3CCC(C)C(C4NNC5NCCCC54)C3)CC(C(F)(F)F)C2)N1C. The van der Waals surface area contributed by atoms with E-state index in [4.69, 9.17) is 0 Å². The van der Waals surface area contributed by atoms with Crippen molar-refractivity contribution in [3.63, 3.8) is 0 Å². The maximum absolute atomic E-state index is 13.8. The van der Waals surface area contributed by atoms with Crippen LogP contribution >= 0.6 is 0 Å². The first-order valence-corrected chi connectivity index (χ1v) is 14.3. The Morgan fingerprint density at radius 2 is 1.92 bits per heavy atom. The maximum atomic E-state index is 13.8. The number of hydrogen-bond acceptors (Lipinski definition) is 6. The summed E-state index contributed by atoms with van der Waals surface area (Å²) in [5, 5.41) is 18.1. The van der Waals surface area contributed by atoms with Crippen molar-refractivity contribution in [3.8, 4) is 0 Å². The summed E-state index contributed by atoms with van der Waals surface area (Å²) >= 11 is 0. The van der Waals surface area contributed by atoms with Gasteiger partial charge in [-0.1, -0.05) is 6.92 Å². The van der Waals surface area contributed by atoms with Crippen LogP contribution in [0.25, 0.3) is 0 Å². The van der Waals surface area contributed by atoms with E-state index in [2.05, 4.69) is 39.4 Å². The molecule has 5 rings (SSSR count). The van der Waals surface area contributed by atoms with Gasteiger partial charge in [-0.05, 0) is 101 Å². The second kappa shape index (κ2) is 10.7. The Bertz CT molecular complexity index is 794. The molecule has 0 aromatic carbocycles.